The number of carbonyl (C=O) groups excluding carboxylic acids is 2. The number of aliphatic hydroxyl groups is 1. The maximum atomic E-state index is 14.1. The van der Waals surface area contributed by atoms with Crippen molar-refractivity contribution in [2.45, 2.75) is 43.9 Å². The monoisotopic (exact) mass is 688 g/mol. The van der Waals surface area contributed by atoms with Crippen LogP contribution in [0.1, 0.15) is 24.3 Å². The van der Waals surface area contributed by atoms with Gasteiger partial charge >= 0.3 is 6.09 Å². The van der Waals surface area contributed by atoms with E-state index in [0.29, 0.717) is 15.3 Å². The summed E-state index contributed by atoms with van der Waals surface area (Å²) in [6, 6.07) is 13.1. The summed E-state index contributed by atoms with van der Waals surface area (Å²) in [5, 5.41) is 14.7. The molecule has 0 saturated carbocycles. The molecule has 2 atom stereocenters. The standard InChI is InChI=1S/C31H40N6O6S3/c1-21(2)16-37(46(41,42)24-11-12-25-28(14-24)45-30(33-25)36(5)29(39)18-35(3)4)17-27(38)26(13-22-9-7-6-8-10-22)34-31(40)43-19-23-15-32-20-44-23/h6-12,14-15,20-21,26-27,38H,13,16-19H2,1-5H3,(H,34,40)/t26-,27+/m0/s1. The molecule has 2 amide bonds. The third-order valence-corrected chi connectivity index (χ3v) is 10.6. The predicted molar refractivity (Wildman–Crippen MR) is 181 cm³/mol. The molecule has 46 heavy (non-hydrogen) atoms. The molecule has 12 nitrogen and oxygen atoms in total. The first-order valence-electron chi connectivity index (χ1n) is 14.7. The van der Waals surface area contributed by atoms with Crippen molar-refractivity contribution in [1.29, 1.82) is 0 Å². The van der Waals surface area contributed by atoms with E-state index < -0.39 is 28.3 Å². The number of carbonyl (C=O) groups is 2. The van der Waals surface area contributed by atoms with Gasteiger partial charge in [-0.25, -0.2) is 18.2 Å². The molecular weight excluding hydrogens is 649 g/mol. The molecule has 4 aromatic rings. The van der Waals surface area contributed by atoms with Crippen molar-refractivity contribution >= 4 is 60.0 Å². The van der Waals surface area contributed by atoms with E-state index >= 15 is 0 Å². The van der Waals surface area contributed by atoms with Crippen molar-refractivity contribution in [3.05, 3.63) is 70.7 Å². The molecule has 15 heteroatoms. The Morgan fingerprint density at radius 1 is 1.07 bits per heavy atom. The number of thiazole rings is 2. The maximum Gasteiger partial charge on any atom is 0.407 e. The summed E-state index contributed by atoms with van der Waals surface area (Å²) in [5.74, 6) is -0.193. The second kappa shape index (κ2) is 15.9. The van der Waals surface area contributed by atoms with Crippen LogP contribution < -0.4 is 10.2 Å². The molecule has 2 aromatic heterocycles. The van der Waals surface area contributed by atoms with Crippen LogP contribution in [0.2, 0.25) is 0 Å². The van der Waals surface area contributed by atoms with Gasteiger partial charge in [0.05, 0.1) is 44.2 Å². The molecule has 0 aliphatic carbocycles. The number of hydrogen-bond acceptors (Lipinski definition) is 11. The lowest BCUT2D eigenvalue weighted by Crippen LogP contribution is -2.51. The summed E-state index contributed by atoms with van der Waals surface area (Å²) in [6.07, 6.45) is -0.133. The molecule has 0 fully saturated rings. The van der Waals surface area contributed by atoms with Crippen molar-refractivity contribution in [3.8, 4) is 0 Å². The number of alkyl carbamates (subject to hydrolysis) is 1. The summed E-state index contributed by atoms with van der Waals surface area (Å²) < 4.78 is 35.3. The van der Waals surface area contributed by atoms with Crippen LogP contribution in [0.15, 0.2) is 65.1 Å². The van der Waals surface area contributed by atoms with Crippen LogP contribution in [0.5, 0.6) is 0 Å². The Kier molecular flexibility index (Phi) is 12.2. The highest BCUT2D eigenvalue weighted by atomic mass is 32.2. The summed E-state index contributed by atoms with van der Waals surface area (Å²) in [4.78, 5) is 37.9. The van der Waals surface area contributed by atoms with Crippen LogP contribution in [0.25, 0.3) is 10.2 Å². The molecule has 0 unspecified atom stereocenters. The van der Waals surface area contributed by atoms with Crippen molar-refractivity contribution in [3.63, 3.8) is 0 Å². The quantitative estimate of drug-likeness (QED) is 0.190. The average molecular weight is 689 g/mol. The Labute approximate surface area is 277 Å². The van der Waals surface area contributed by atoms with Gasteiger partial charge < -0.3 is 20.1 Å². The van der Waals surface area contributed by atoms with E-state index in [1.165, 1.54) is 37.9 Å². The number of amides is 2. The molecule has 0 aliphatic heterocycles. The Balaban J connectivity index is 1.56. The highest BCUT2D eigenvalue weighted by molar-refractivity contribution is 7.89. The number of anilines is 1. The lowest BCUT2D eigenvalue weighted by atomic mass is 10.0. The van der Waals surface area contributed by atoms with E-state index in [2.05, 4.69) is 15.3 Å². The SMILES string of the molecule is CC(C)CN(C[C@@H](O)[C@H](Cc1ccccc1)NC(=O)OCc1cncs1)S(=O)(=O)c1ccc2nc(N(C)C(=O)CN(C)C)sc2c1. The second-order valence-corrected chi connectivity index (χ2v) is 15.5. The van der Waals surface area contributed by atoms with E-state index in [-0.39, 0.29) is 49.4 Å². The molecule has 2 aromatic carbocycles. The largest absolute Gasteiger partial charge is 0.444 e. The van der Waals surface area contributed by atoms with E-state index in [0.717, 1.165) is 10.4 Å². The zero-order valence-electron chi connectivity index (χ0n) is 26.5. The fourth-order valence-electron chi connectivity index (χ4n) is 4.64. The summed E-state index contributed by atoms with van der Waals surface area (Å²) in [7, 11) is 1.16. The molecule has 0 bridgehead atoms. The van der Waals surface area contributed by atoms with Gasteiger partial charge in [0.15, 0.2) is 5.13 Å². The van der Waals surface area contributed by atoms with Gasteiger partial charge in [0, 0.05) is 26.3 Å². The second-order valence-electron chi connectivity index (χ2n) is 11.6. The van der Waals surface area contributed by atoms with E-state index in [9.17, 15) is 23.1 Å². The number of benzene rings is 2. The van der Waals surface area contributed by atoms with Crippen LogP contribution in [0, 0.1) is 5.92 Å². The van der Waals surface area contributed by atoms with Crippen LogP contribution in [-0.2, 0) is 32.6 Å². The van der Waals surface area contributed by atoms with Gasteiger partial charge in [-0.1, -0.05) is 55.5 Å². The molecule has 248 valence electrons. The molecular formula is C31H40N6O6S3. The summed E-state index contributed by atoms with van der Waals surface area (Å²) >= 11 is 2.58. The lowest BCUT2D eigenvalue weighted by molar-refractivity contribution is -0.118. The topological polar surface area (TPSA) is 145 Å². The van der Waals surface area contributed by atoms with Gasteiger partial charge in [-0.15, -0.1) is 11.3 Å². The zero-order chi connectivity index (χ0) is 33.4. The summed E-state index contributed by atoms with van der Waals surface area (Å²) in [6.45, 7) is 3.90. The maximum absolute atomic E-state index is 14.1. The lowest BCUT2D eigenvalue weighted by Gasteiger charge is -2.30. The highest BCUT2D eigenvalue weighted by Gasteiger charge is 2.32. The number of aromatic nitrogens is 2. The van der Waals surface area contributed by atoms with E-state index in [1.54, 1.807) is 49.9 Å². The predicted octanol–water partition coefficient (Wildman–Crippen LogP) is 3.82. The van der Waals surface area contributed by atoms with Gasteiger partial charge in [0.1, 0.15) is 6.61 Å². The molecule has 0 spiro atoms. The van der Waals surface area contributed by atoms with Gasteiger partial charge in [-0.05, 0) is 50.2 Å². The third-order valence-electron chi connectivity index (χ3n) is 6.95. The number of likely N-dealkylation sites (N-methyl/N-ethyl adjacent to an activating group) is 2. The Morgan fingerprint density at radius 2 is 1.80 bits per heavy atom. The number of nitrogens with one attached hydrogen (secondary N) is 1. The molecule has 0 radical (unpaired) electrons. The van der Waals surface area contributed by atoms with Crippen LogP contribution in [0.4, 0.5) is 9.93 Å². The average Bonchev–Trinajstić information content (AvgIpc) is 3.68. The number of hydrogen-bond donors (Lipinski definition) is 2. The number of fused-ring (bicyclic) bond motifs is 1. The molecule has 2 heterocycles. The van der Waals surface area contributed by atoms with Crippen molar-refractivity contribution in [2.24, 2.45) is 5.92 Å². The van der Waals surface area contributed by atoms with Crippen molar-refractivity contribution in [1.82, 2.24) is 24.5 Å². The minimum Gasteiger partial charge on any atom is -0.444 e. The smallest absolute Gasteiger partial charge is 0.407 e. The highest BCUT2D eigenvalue weighted by Crippen LogP contribution is 2.31. The van der Waals surface area contributed by atoms with Gasteiger partial charge in [0.2, 0.25) is 15.9 Å². The zero-order valence-corrected chi connectivity index (χ0v) is 28.9. The minimum atomic E-state index is -4.09. The van der Waals surface area contributed by atoms with Crippen molar-refractivity contribution in [2.75, 3.05) is 45.7 Å². The number of aliphatic hydroxyl groups excluding tert-OH is 1. The van der Waals surface area contributed by atoms with Crippen LogP contribution >= 0.6 is 22.7 Å². The Bertz CT molecular complexity index is 1700. The minimum absolute atomic E-state index is 0.0277. The molecule has 2 N–H and O–H groups in total. The van der Waals surface area contributed by atoms with Gasteiger partial charge in [-0.2, -0.15) is 4.31 Å². The molecule has 0 aliphatic rings. The van der Waals surface area contributed by atoms with Crippen LogP contribution in [0.3, 0.4) is 0 Å². The molecule has 4 rings (SSSR count). The number of sulfonamides is 1. The first-order valence-corrected chi connectivity index (χ1v) is 17.8. The number of rotatable bonds is 15. The number of ether oxygens (including phenoxy) is 1. The van der Waals surface area contributed by atoms with E-state index in [1.807, 2.05) is 44.2 Å². The van der Waals surface area contributed by atoms with Gasteiger partial charge in [0.25, 0.3) is 0 Å². The number of nitrogens with zero attached hydrogens (tertiary/aromatic N) is 5. The molecule has 0 saturated heterocycles. The fourth-order valence-corrected chi connectivity index (χ4v) is 7.85. The first kappa shape index (κ1) is 35.4. The fraction of sp³-hybridized carbons (Fsp3) is 0.419. The normalized spacial score (nSPS) is 13.3. The Hall–Kier alpha value is -3.47. The van der Waals surface area contributed by atoms with Gasteiger partial charge in [-0.3, -0.25) is 14.7 Å². The first-order chi connectivity index (χ1) is 21.8. The van der Waals surface area contributed by atoms with Crippen LogP contribution in [-0.4, -0.2) is 97.6 Å². The summed E-state index contributed by atoms with van der Waals surface area (Å²) in [5.41, 5.74) is 3.07. The van der Waals surface area contributed by atoms with Crippen molar-refractivity contribution < 1.29 is 27.9 Å². The van der Waals surface area contributed by atoms with E-state index in [4.69, 9.17) is 4.74 Å². The Morgan fingerprint density at radius 3 is 2.46 bits per heavy atom. The third kappa shape index (κ3) is 9.53.